The predicted molar refractivity (Wildman–Crippen MR) is 442 cm³/mol. The van der Waals surface area contributed by atoms with E-state index in [4.69, 9.17) is 13.3 Å². The third kappa shape index (κ3) is 8.52. The smallest absolute Gasteiger partial charge is 0.179 e. The topological polar surface area (TPSA) is 39.4 Å². The molecule has 0 saturated carbocycles. The Bertz CT molecular complexity index is 7170. The van der Waals surface area contributed by atoms with Gasteiger partial charge in [-0.15, -0.1) is 0 Å². The van der Waals surface area contributed by atoms with Crippen LogP contribution < -0.4 is 20.7 Å². The minimum Gasteiger partial charge on any atom is -0.455 e. The van der Waals surface area contributed by atoms with Crippen molar-refractivity contribution in [1.82, 2.24) is 0 Å². The molecule has 482 valence electrons. The molecule has 0 bridgehead atoms. The Balaban J connectivity index is 0.706. The van der Waals surface area contributed by atoms with Gasteiger partial charge in [-0.1, -0.05) is 322 Å². The van der Waals surface area contributed by atoms with Crippen LogP contribution in [0.4, 0.5) is 0 Å². The van der Waals surface area contributed by atoms with Crippen molar-refractivity contribution in [3.8, 4) is 55.6 Å². The first-order chi connectivity index (χ1) is 51.6. The van der Waals surface area contributed by atoms with E-state index in [1.54, 1.807) is 0 Å². The largest absolute Gasteiger partial charge is 0.455 e. The van der Waals surface area contributed by atoms with Gasteiger partial charge in [0.25, 0.3) is 0 Å². The lowest BCUT2D eigenvalue weighted by Gasteiger charge is -2.34. The van der Waals surface area contributed by atoms with E-state index in [1.165, 1.54) is 108 Å². The fraction of sp³-hybridized carbons (Fsp3) is 0. The quantitative estimate of drug-likeness (QED) is 0.0821. The van der Waals surface area contributed by atoms with Crippen molar-refractivity contribution in [1.29, 1.82) is 0 Å². The van der Waals surface area contributed by atoms with Gasteiger partial charge in [0.1, 0.15) is 33.5 Å². The average molecular weight is 1340 g/mol. The molecule has 22 aromatic rings. The molecule has 0 amide bonds. The number of hydrogen-bond donors (Lipinski definition) is 0. The Labute approximate surface area is 599 Å². The molecule has 22 rings (SSSR count). The van der Waals surface area contributed by atoms with Crippen LogP contribution in [0, 0.1) is 0 Å². The van der Waals surface area contributed by atoms with Crippen LogP contribution in [-0.2, 0) is 0 Å². The molecule has 0 aliphatic carbocycles. The predicted octanol–water partition coefficient (Wildman–Crippen LogP) is 25.2. The zero-order chi connectivity index (χ0) is 68.1. The molecular weight excluding hydrogens is 1280 g/mol. The molecule has 0 spiro atoms. The SMILES string of the molecule is c1ccc([Si](c2ccccc2)(c2ccc(-c3c4ccccc4c(-c4cccc5oc6c7ccccc7ccc6c45)c4ccccc34)cc2)c2ccc(-c3ccc(-c4c5ccccc5c(-c5ccc6c(c5)oc5c7ccccc7ccc65)c5ccccc45)c4c3oc3c5ccccc5ccc34)cc2)cc1. The number of benzene rings is 19. The molecule has 0 fully saturated rings. The minimum absolute atomic E-state index is 0.862. The van der Waals surface area contributed by atoms with E-state index < -0.39 is 8.07 Å². The monoisotopic (exact) mass is 1340 g/mol. The fourth-order valence-corrected chi connectivity index (χ4v) is 22.8. The Morgan fingerprint density at radius 3 is 1.04 bits per heavy atom. The van der Waals surface area contributed by atoms with Gasteiger partial charge < -0.3 is 13.3 Å². The van der Waals surface area contributed by atoms with Crippen LogP contribution in [0.3, 0.4) is 0 Å². The summed E-state index contributed by atoms with van der Waals surface area (Å²) >= 11 is 0. The van der Waals surface area contributed by atoms with E-state index in [9.17, 15) is 0 Å². The lowest BCUT2D eigenvalue weighted by Crippen LogP contribution is -2.74. The molecule has 19 aromatic carbocycles. The highest BCUT2D eigenvalue weighted by Crippen LogP contribution is 2.52. The normalized spacial score (nSPS) is 12.2. The highest BCUT2D eigenvalue weighted by molar-refractivity contribution is 7.20. The Morgan fingerprint density at radius 1 is 0.173 bits per heavy atom. The van der Waals surface area contributed by atoms with Gasteiger partial charge >= 0.3 is 0 Å². The summed E-state index contributed by atoms with van der Waals surface area (Å²) in [6.07, 6.45) is 0. The first kappa shape index (κ1) is 58.4. The minimum atomic E-state index is -3.08. The lowest BCUT2D eigenvalue weighted by molar-refractivity contribution is 0.672. The van der Waals surface area contributed by atoms with Crippen molar-refractivity contribution in [3.63, 3.8) is 0 Å². The van der Waals surface area contributed by atoms with E-state index in [-0.39, 0.29) is 0 Å². The van der Waals surface area contributed by atoms with E-state index in [2.05, 4.69) is 364 Å². The van der Waals surface area contributed by atoms with Crippen molar-refractivity contribution >= 4 is 170 Å². The molecule has 0 N–H and O–H groups in total. The average Bonchev–Trinajstić information content (AvgIpc) is 1.01. The molecule has 3 heterocycles. The Kier molecular flexibility index (Phi) is 12.8. The summed E-state index contributed by atoms with van der Waals surface area (Å²) in [6, 6.07) is 135. The summed E-state index contributed by atoms with van der Waals surface area (Å²) in [4.78, 5) is 0. The lowest BCUT2D eigenvalue weighted by atomic mass is 9.84. The number of hydrogen-bond acceptors (Lipinski definition) is 3. The highest BCUT2D eigenvalue weighted by atomic mass is 28.3. The maximum absolute atomic E-state index is 7.50. The molecule has 0 saturated heterocycles. The zero-order valence-electron chi connectivity index (χ0n) is 56.4. The maximum Gasteiger partial charge on any atom is 0.179 e. The number of fused-ring (bicyclic) bond motifs is 19. The zero-order valence-corrected chi connectivity index (χ0v) is 57.4. The summed E-state index contributed by atoms with van der Waals surface area (Å²) in [6.45, 7) is 0. The van der Waals surface area contributed by atoms with Crippen LogP contribution >= 0.6 is 0 Å². The van der Waals surface area contributed by atoms with Gasteiger partial charge in [-0.3, -0.25) is 0 Å². The van der Waals surface area contributed by atoms with Gasteiger partial charge in [0.15, 0.2) is 8.07 Å². The summed E-state index contributed by atoms with van der Waals surface area (Å²) in [5.74, 6) is 0. The molecule has 3 nitrogen and oxygen atoms in total. The van der Waals surface area contributed by atoms with Crippen molar-refractivity contribution in [2.45, 2.75) is 0 Å². The van der Waals surface area contributed by atoms with Crippen LogP contribution in [0.1, 0.15) is 0 Å². The van der Waals surface area contributed by atoms with Crippen LogP contribution in [0.2, 0.25) is 0 Å². The summed E-state index contributed by atoms with van der Waals surface area (Å²) in [5, 5.41) is 28.2. The summed E-state index contributed by atoms with van der Waals surface area (Å²) < 4.78 is 21.2. The summed E-state index contributed by atoms with van der Waals surface area (Å²) in [5.41, 5.74) is 16.8. The van der Waals surface area contributed by atoms with Crippen molar-refractivity contribution in [2.24, 2.45) is 0 Å². The number of furan rings is 3. The molecule has 0 aliphatic rings. The molecule has 0 atom stereocenters. The fourth-order valence-electron chi connectivity index (χ4n) is 18.1. The van der Waals surface area contributed by atoms with E-state index in [0.717, 1.165) is 110 Å². The van der Waals surface area contributed by atoms with E-state index in [0.29, 0.717) is 0 Å². The van der Waals surface area contributed by atoms with Gasteiger partial charge in [-0.2, -0.15) is 0 Å². The molecule has 0 unspecified atom stereocenters. The van der Waals surface area contributed by atoms with Crippen LogP contribution in [-0.4, -0.2) is 8.07 Å². The van der Waals surface area contributed by atoms with Gasteiger partial charge in [0, 0.05) is 54.0 Å². The first-order valence-electron chi connectivity index (χ1n) is 35.9. The van der Waals surface area contributed by atoms with E-state index in [1.807, 2.05) is 0 Å². The third-order valence-electron chi connectivity index (χ3n) is 22.6. The second-order valence-electron chi connectivity index (χ2n) is 27.9. The third-order valence-corrected chi connectivity index (χ3v) is 27.4. The molecule has 104 heavy (non-hydrogen) atoms. The summed E-state index contributed by atoms with van der Waals surface area (Å²) in [7, 11) is -3.08. The first-order valence-corrected chi connectivity index (χ1v) is 37.9. The van der Waals surface area contributed by atoms with Crippen LogP contribution in [0.15, 0.2) is 377 Å². The molecular formula is C100H60O3Si. The van der Waals surface area contributed by atoms with Gasteiger partial charge in [0.05, 0.1) is 0 Å². The van der Waals surface area contributed by atoms with Crippen molar-refractivity contribution < 1.29 is 13.3 Å². The second-order valence-corrected chi connectivity index (χ2v) is 31.7. The van der Waals surface area contributed by atoms with Gasteiger partial charge in [0.2, 0.25) is 0 Å². The molecule has 4 heteroatoms. The van der Waals surface area contributed by atoms with Gasteiger partial charge in [-0.25, -0.2) is 0 Å². The maximum atomic E-state index is 7.50. The Hall–Kier alpha value is -13.4. The Morgan fingerprint density at radius 2 is 0.529 bits per heavy atom. The highest BCUT2D eigenvalue weighted by Gasteiger charge is 2.42. The second kappa shape index (κ2) is 22.8. The van der Waals surface area contributed by atoms with Crippen LogP contribution in [0.25, 0.3) is 197 Å². The van der Waals surface area contributed by atoms with Crippen molar-refractivity contribution in [2.75, 3.05) is 0 Å². The standard InChI is InChI=1S/C100H60O3Si/c1-3-25-67(26-4-1)104(68-27-5-2-6-28-68,70-52-44-65(45-53-70)91-76-32-13-17-36-80(76)93(81-37-18-14-33-77(81)91)85-40-21-41-89-95(85)87-56-47-62-23-8-11-30-72(62)98(87)101-89)69-50-42-64(43-51-69)74-58-59-86(96-88-57-48-63-24-9-12-31-73(63)99(88)103-100(74)96)94-82-38-19-15-34-78(82)92(79-35-16-20-39-83(79)94)66-49-54-75-84-55-46-61-22-7-10-29-71(61)97(84)102-90(75)60-66/h1-60H. The van der Waals surface area contributed by atoms with Crippen LogP contribution in [0.5, 0.6) is 0 Å². The molecule has 3 aromatic heterocycles. The van der Waals surface area contributed by atoms with Crippen molar-refractivity contribution in [3.05, 3.63) is 364 Å². The van der Waals surface area contributed by atoms with Gasteiger partial charge in [-0.05, 0) is 173 Å². The molecule has 0 aliphatic heterocycles. The van der Waals surface area contributed by atoms with E-state index >= 15 is 0 Å². The number of rotatable bonds is 9. The molecule has 0 radical (unpaired) electrons.